The van der Waals surface area contributed by atoms with Crippen molar-refractivity contribution in [1.82, 2.24) is 5.32 Å². The van der Waals surface area contributed by atoms with Crippen molar-refractivity contribution in [2.24, 2.45) is 0 Å². The van der Waals surface area contributed by atoms with Crippen LogP contribution in [0.15, 0.2) is 60.7 Å². The van der Waals surface area contributed by atoms with Crippen molar-refractivity contribution < 1.29 is 14.3 Å². The highest BCUT2D eigenvalue weighted by Gasteiger charge is 2.27. The second kappa shape index (κ2) is 12.4. The van der Waals surface area contributed by atoms with Crippen LogP contribution >= 0.6 is 11.3 Å². The van der Waals surface area contributed by atoms with E-state index in [1.165, 1.54) is 35.1 Å². The summed E-state index contributed by atoms with van der Waals surface area (Å²) < 4.78 is 5.74. The van der Waals surface area contributed by atoms with E-state index >= 15 is 0 Å². The summed E-state index contributed by atoms with van der Waals surface area (Å²) in [6, 6.07) is 17.5. The number of carbonyl (C=O) groups is 2. The Bertz CT molecular complexity index is 1170. The number of thiophene rings is 1. The largest absolute Gasteiger partial charge is 0.494 e. The maximum atomic E-state index is 13.1. The third-order valence-corrected chi connectivity index (χ3v) is 7.21. The zero-order valence-corrected chi connectivity index (χ0v) is 21.0. The summed E-state index contributed by atoms with van der Waals surface area (Å²) in [7, 11) is 0. The lowest BCUT2D eigenvalue weighted by atomic mass is 10.1. The monoisotopic (exact) mass is 488 g/mol. The molecule has 182 valence electrons. The van der Waals surface area contributed by atoms with E-state index in [1.54, 1.807) is 6.08 Å². The number of unbranched alkanes of at least 4 members (excludes halogenated alkanes) is 2. The molecule has 0 radical (unpaired) electrons. The Balaban J connectivity index is 1.37. The average Bonchev–Trinajstić information content (AvgIpc) is 3.46. The first-order valence-electron chi connectivity index (χ1n) is 12.3. The molecule has 2 amide bonds. The number of benzene rings is 2. The number of hydrogen-bond acceptors (Lipinski definition) is 4. The minimum atomic E-state index is -0.248. The number of carbonyl (C=O) groups excluding carboxylic acids is 2. The van der Waals surface area contributed by atoms with Crippen LogP contribution in [0.5, 0.6) is 5.75 Å². The number of aryl methyl sites for hydroxylation is 1. The second-order valence-electron chi connectivity index (χ2n) is 8.68. The van der Waals surface area contributed by atoms with Crippen LogP contribution in [0, 0.1) is 0 Å². The van der Waals surface area contributed by atoms with Crippen LogP contribution in [0.4, 0.5) is 5.00 Å². The van der Waals surface area contributed by atoms with E-state index in [0.29, 0.717) is 17.1 Å². The van der Waals surface area contributed by atoms with Crippen molar-refractivity contribution >= 4 is 34.2 Å². The van der Waals surface area contributed by atoms with Crippen molar-refractivity contribution in [3.8, 4) is 5.75 Å². The van der Waals surface area contributed by atoms with Gasteiger partial charge in [-0.15, -0.1) is 11.3 Å². The van der Waals surface area contributed by atoms with Crippen molar-refractivity contribution in [2.45, 2.75) is 52.0 Å². The topological polar surface area (TPSA) is 67.4 Å². The second-order valence-corrected chi connectivity index (χ2v) is 9.78. The molecule has 0 aliphatic heterocycles. The van der Waals surface area contributed by atoms with E-state index in [1.807, 2.05) is 54.6 Å². The molecule has 0 spiro atoms. The molecule has 6 heteroatoms. The molecule has 5 nitrogen and oxygen atoms in total. The highest BCUT2D eigenvalue weighted by molar-refractivity contribution is 7.17. The minimum Gasteiger partial charge on any atom is -0.494 e. The fraction of sp³-hybridized carbons (Fsp3) is 0.310. The first-order valence-corrected chi connectivity index (χ1v) is 13.1. The molecule has 2 N–H and O–H groups in total. The maximum Gasteiger partial charge on any atom is 0.254 e. The Morgan fingerprint density at radius 2 is 1.83 bits per heavy atom. The molecule has 1 aliphatic carbocycles. The van der Waals surface area contributed by atoms with Gasteiger partial charge in [0.25, 0.3) is 5.91 Å². The van der Waals surface area contributed by atoms with Gasteiger partial charge in [-0.2, -0.15) is 0 Å². The number of nitrogens with one attached hydrogen (secondary N) is 2. The fourth-order valence-corrected chi connectivity index (χ4v) is 5.43. The SMILES string of the molecule is CCCCCOc1ccc(C=CC(=O)Nc2sc3c(c2C(=O)NCc2ccccc2)CCC3)cc1. The van der Waals surface area contributed by atoms with Crippen molar-refractivity contribution in [2.75, 3.05) is 11.9 Å². The van der Waals surface area contributed by atoms with E-state index in [-0.39, 0.29) is 11.8 Å². The van der Waals surface area contributed by atoms with Crippen molar-refractivity contribution in [3.63, 3.8) is 0 Å². The van der Waals surface area contributed by atoms with E-state index in [4.69, 9.17) is 4.74 Å². The predicted molar refractivity (Wildman–Crippen MR) is 143 cm³/mol. The van der Waals surface area contributed by atoms with Gasteiger partial charge in [-0.1, -0.05) is 62.2 Å². The summed E-state index contributed by atoms with van der Waals surface area (Å²) in [6.45, 7) is 3.34. The third-order valence-electron chi connectivity index (χ3n) is 6.00. The fourth-order valence-electron chi connectivity index (χ4n) is 4.14. The summed E-state index contributed by atoms with van der Waals surface area (Å²) >= 11 is 1.52. The summed E-state index contributed by atoms with van der Waals surface area (Å²) in [6.07, 6.45) is 9.54. The van der Waals surface area contributed by atoms with Gasteiger partial charge in [0, 0.05) is 17.5 Å². The molecule has 2 aromatic carbocycles. The van der Waals surface area contributed by atoms with E-state index in [9.17, 15) is 9.59 Å². The highest BCUT2D eigenvalue weighted by Crippen LogP contribution is 2.39. The number of fused-ring (bicyclic) bond motifs is 1. The molecule has 0 atom stereocenters. The molecule has 0 bridgehead atoms. The Kier molecular flexibility index (Phi) is 8.74. The molecular formula is C29H32N2O3S. The van der Waals surface area contributed by atoms with Crippen LogP contribution in [0.25, 0.3) is 6.08 Å². The van der Waals surface area contributed by atoms with Gasteiger partial charge in [0.15, 0.2) is 0 Å². The maximum absolute atomic E-state index is 13.1. The molecule has 0 saturated heterocycles. The molecule has 1 aromatic heterocycles. The van der Waals surface area contributed by atoms with Crippen LogP contribution in [0.1, 0.15) is 64.5 Å². The summed E-state index contributed by atoms with van der Waals surface area (Å²) in [5.41, 5.74) is 3.65. The van der Waals surface area contributed by atoms with Gasteiger partial charge in [-0.3, -0.25) is 9.59 Å². The molecule has 0 unspecified atom stereocenters. The lowest BCUT2D eigenvalue weighted by Crippen LogP contribution is -2.24. The van der Waals surface area contributed by atoms with Gasteiger partial charge in [0.1, 0.15) is 10.8 Å². The molecular weight excluding hydrogens is 456 g/mol. The van der Waals surface area contributed by atoms with Crippen LogP contribution in [0.3, 0.4) is 0 Å². The van der Waals surface area contributed by atoms with Gasteiger partial charge in [-0.25, -0.2) is 0 Å². The number of ether oxygens (including phenoxy) is 1. The van der Waals surface area contributed by atoms with Gasteiger partial charge < -0.3 is 15.4 Å². The quantitative estimate of drug-likeness (QED) is 0.243. The van der Waals surface area contributed by atoms with E-state index < -0.39 is 0 Å². The average molecular weight is 489 g/mol. The number of amides is 2. The van der Waals surface area contributed by atoms with E-state index in [0.717, 1.165) is 54.7 Å². The van der Waals surface area contributed by atoms with Crippen molar-refractivity contribution in [3.05, 3.63) is 87.8 Å². The summed E-state index contributed by atoms with van der Waals surface area (Å²) in [4.78, 5) is 27.0. The first kappa shape index (κ1) is 24.7. The molecule has 3 aromatic rings. The lowest BCUT2D eigenvalue weighted by Gasteiger charge is -2.09. The number of hydrogen-bond donors (Lipinski definition) is 2. The number of rotatable bonds is 11. The van der Waals surface area contributed by atoms with Crippen LogP contribution in [-0.4, -0.2) is 18.4 Å². The first-order chi connectivity index (χ1) is 17.1. The van der Waals surface area contributed by atoms with E-state index in [2.05, 4.69) is 17.6 Å². The Labute approximate surface area is 211 Å². The van der Waals surface area contributed by atoms with Gasteiger partial charge in [0.05, 0.1) is 12.2 Å². The zero-order valence-electron chi connectivity index (χ0n) is 20.1. The van der Waals surface area contributed by atoms with Crippen LogP contribution in [0.2, 0.25) is 0 Å². The number of anilines is 1. The summed E-state index contributed by atoms with van der Waals surface area (Å²) in [5.74, 6) is 0.450. The summed E-state index contributed by atoms with van der Waals surface area (Å²) in [5, 5.41) is 6.59. The molecule has 0 fully saturated rings. The van der Waals surface area contributed by atoms with Crippen LogP contribution in [-0.2, 0) is 24.2 Å². The predicted octanol–water partition coefficient (Wildman–Crippen LogP) is 6.39. The van der Waals surface area contributed by atoms with Gasteiger partial charge >= 0.3 is 0 Å². The molecule has 4 rings (SSSR count). The minimum absolute atomic E-state index is 0.137. The molecule has 1 aliphatic rings. The van der Waals surface area contributed by atoms with Crippen molar-refractivity contribution in [1.29, 1.82) is 0 Å². The highest BCUT2D eigenvalue weighted by atomic mass is 32.1. The molecule has 35 heavy (non-hydrogen) atoms. The smallest absolute Gasteiger partial charge is 0.254 e. The Hall–Kier alpha value is -3.38. The molecule has 0 saturated carbocycles. The standard InChI is InChI=1S/C29H32N2O3S/c1-2-3-7-19-34-23-16-13-21(14-17-23)15-18-26(32)31-29-27(24-11-8-12-25(24)35-29)28(33)30-20-22-9-5-4-6-10-22/h4-6,9-10,13-18H,2-3,7-8,11-12,19-20H2,1H3,(H,30,33)(H,31,32). The normalized spacial score (nSPS) is 12.5. The third kappa shape index (κ3) is 6.83. The zero-order chi connectivity index (χ0) is 24.5. The Morgan fingerprint density at radius 3 is 2.60 bits per heavy atom. The van der Waals surface area contributed by atoms with Gasteiger partial charge in [-0.05, 0) is 60.6 Å². The van der Waals surface area contributed by atoms with Crippen LogP contribution < -0.4 is 15.4 Å². The molecule has 1 heterocycles. The lowest BCUT2D eigenvalue weighted by molar-refractivity contribution is -0.111. The Morgan fingerprint density at radius 1 is 1.03 bits per heavy atom. The van der Waals surface area contributed by atoms with Gasteiger partial charge in [0.2, 0.25) is 5.91 Å².